The van der Waals surface area contributed by atoms with Gasteiger partial charge in [0.05, 0.1) is 6.26 Å². The zero-order chi connectivity index (χ0) is 6.69. The van der Waals surface area contributed by atoms with E-state index in [4.69, 9.17) is 10.8 Å². The van der Waals surface area contributed by atoms with E-state index in [2.05, 4.69) is 0 Å². The Balaban J connectivity index is 2.49. The van der Waals surface area contributed by atoms with Crippen LogP contribution in [-0.2, 0) is 0 Å². The first-order valence-corrected chi connectivity index (χ1v) is 3.43. The number of rotatable bonds is 0. The van der Waals surface area contributed by atoms with E-state index in [1.54, 1.807) is 0 Å². The Bertz CT molecular complexity index is 120. The van der Waals surface area contributed by atoms with Gasteiger partial charge < -0.3 is 10.8 Å². The zero-order valence-corrected chi connectivity index (χ0v) is 5.51. The van der Waals surface area contributed by atoms with E-state index in [9.17, 15) is 0 Å². The average Bonchev–Trinajstić information content (AvgIpc) is 1.89. The molecule has 1 atom stereocenters. The predicted octanol–water partition coefficient (Wildman–Crippen LogP) is 1.33. The molecule has 0 aromatic carbocycles. The van der Waals surface area contributed by atoms with Gasteiger partial charge in [-0.3, -0.25) is 0 Å². The first kappa shape index (κ1) is 6.62. The highest BCUT2D eigenvalue weighted by Crippen LogP contribution is 2.20. The summed E-state index contributed by atoms with van der Waals surface area (Å²) in [6.45, 7) is 0. The maximum atomic E-state index is 8.62. The van der Waals surface area contributed by atoms with Gasteiger partial charge in [0.1, 0.15) is 0 Å². The van der Waals surface area contributed by atoms with Gasteiger partial charge in [-0.15, -0.1) is 0 Å². The van der Waals surface area contributed by atoms with Crippen molar-refractivity contribution >= 4 is 0 Å². The van der Waals surface area contributed by atoms with Crippen LogP contribution in [0, 0.1) is 0 Å². The minimum absolute atomic E-state index is 0.128. The van der Waals surface area contributed by atoms with E-state index in [-0.39, 0.29) is 6.04 Å². The Morgan fingerprint density at radius 2 is 2.33 bits per heavy atom. The molecular weight excluding hydrogens is 114 g/mol. The summed E-state index contributed by atoms with van der Waals surface area (Å²) in [7, 11) is 0. The lowest BCUT2D eigenvalue weighted by Crippen LogP contribution is -2.25. The van der Waals surface area contributed by atoms with Crippen molar-refractivity contribution in [1.29, 1.82) is 0 Å². The Kier molecular flexibility index (Phi) is 2.11. The quantitative estimate of drug-likeness (QED) is 0.482. The molecule has 1 aliphatic carbocycles. The summed E-state index contributed by atoms with van der Waals surface area (Å²) >= 11 is 0. The Morgan fingerprint density at radius 3 is 2.78 bits per heavy atom. The molecule has 1 saturated carbocycles. The van der Waals surface area contributed by atoms with E-state index >= 15 is 0 Å². The third-order valence-electron chi connectivity index (χ3n) is 1.87. The summed E-state index contributed by atoms with van der Waals surface area (Å²) < 4.78 is 0. The predicted molar refractivity (Wildman–Crippen MR) is 37.2 cm³/mol. The molecule has 0 unspecified atom stereocenters. The van der Waals surface area contributed by atoms with Gasteiger partial charge in [-0.2, -0.15) is 0 Å². The fraction of sp³-hybridized carbons (Fsp3) is 0.714. The number of hydrogen-bond donors (Lipinski definition) is 2. The van der Waals surface area contributed by atoms with Crippen LogP contribution < -0.4 is 5.73 Å². The molecule has 9 heavy (non-hydrogen) atoms. The normalized spacial score (nSPS) is 33.0. The van der Waals surface area contributed by atoms with Crippen LogP contribution in [0.25, 0.3) is 0 Å². The monoisotopic (exact) mass is 127 g/mol. The van der Waals surface area contributed by atoms with Crippen molar-refractivity contribution in [3.8, 4) is 0 Å². The molecule has 0 aliphatic heterocycles. The van der Waals surface area contributed by atoms with Gasteiger partial charge >= 0.3 is 0 Å². The van der Waals surface area contributed by atoms with E-state index < -0.39 is 0 Å². The second kappa shape index (κ2) is 2.87. The lowest BCUT2D eigenvalue weighted by Gasteiger charge is -2.19. The molecule has 1 rings (SSSR count). The van der Waals surface area contributed by atoms with Gasteiger partial charge in [0, 0.05) is 6.04 Å². The second-order valence-electron chi connectivity index (χ2n) is 2.56. The van der Waals surface area contributed by atoms with Crippen LogP contribution in [0.4, 0.5) is 0 Å². The summed E-state index contributed by atoms with van der Waals surface area (Å²) in [5, 5.41) is 8.62. The first-order valence-electron chi connectivity index (χ1n) is 3.43. The number of hydrogen-bond acceptors (Lipinski definition) is 2. The third-order valence-corrected chi connectivity index (χ3v) is 1.87. The van der Waals surface area contributed by atoms with Gasteiger partial charge in [-0.25, -0.2) is 0 Å². The molecule has 0 heterocycles. The van der Waals surface area contributed by atoms with E-state index in [0.717, 1.165) is 18.4 Å². The molecule has 0 saturated heterocycles. The summed E-state index contributed by atoms with van der Waals surface area (Å²) in [5.41, 5.74) is 6.68. The van der Waals surface area contributed by atoms with E-state index in [0.29, 0.717) is 0 Å². The minimum atomic E-state index is 0.128. The van der Waals surface area contributed by atoms with Gasteiger partial charge in [-0.05, 0) is 24.8 Å². The summed E-state index contributed by atoms with van der Waals surface area (Å²) in [6.07, 6.45) is 5.58. The highest BCUT2D eigenvalue weighted by atomic mass is 16.2. The van der Waals surface area contributed by atoms with E-state index in [1.807, 2.05) is 0 Å². The molecular formula is C7H13NO. The van der Waals surface area contributed by atoms with Crippen molar-refractivity contribution in [2.45, 2.75) is 31.7 Å². The molecule has 1 fully saturated rings. The SMILES string of the molecule is N[C@@H]1CCCC/C1=C/O. The number of aliphatic hydroxyl groups excluding tert-OH is 1. The summed E-state index contributed by atoms with van der Waals surface area (Å²) in [5.74, 6) is 0. The van der Waals surface area contributed by atoms with Crippen molar-refractivity contribution in [1.82, 2.24) is 0 Å². The summed E-state index contributed by atoms with van der Waals surface area (Å²) in [6, 6.07) is 0.128. The number of nitrogens with two attached hydrogens (primary N) is 1. The fourth-order valence-electron chi connectivity index (χ4n) is 1.22. The van der Waals surface area contributed by atoms with Crippen LogP contribution in [-0.4, -0.2) is 11.1 Å². The molecule has 1 aliphatic rings. The Morgan fingerprint density at radius 1 is 1.56 bits per heavy atom. The highest BCUT2D eigenvalue weighted by Gasteiger charge is 2.13. The van der Waals surface area contributed by atoms with Crippen molar-refractivity contribution in [3.63, 3.8) is 0 Å². The van der Waals surface area contributed by atoms with Gasteiger partial charge in [0.2, 0.25) is 0 Å². The second-order valence-corrected chi connectivity index (χ2v) is 2.56. The van der Waals surface area contributed by atoms with Crippen LogP contribution in [0.15, 0.2) is 11.8 Å². The van der Waals surface area contributed by atoms with Crippen LogP contribution in [0.5, 0.6) is 0 Å². The molecule has 3 N–H and O–H groups in total. The molecule has 2 heteroatoms. The Hall–Kier alpha value is -0.500. The van der Waals surface area contributed by atoms with Crippen molar-refractivity contribution in [3.05, 3.63) is 11.8 Å². The fourth-order valence-corrected chi connectivity index (χ4v) is 1.22. The third kappa shape index (κ3) is 1.45. The van der Waals surface area contributed by atoms with Crippen molar-refractivity contribution < 1.29 is 5.11 Å². The molecule has 52 valence electrons. The highest BCUT2D eigenvalue weighted by molar-refractivity contribution is 5.08. The van der Waals surface area contributed by atoms with Gasteiger partial charge in [0.25, 0.3) is 0 Å². The largest absolute Gasteiger partial charge is 0.516 e. The van der Waals surface area contributed by atoms with Crippen molar-refractivity contribution in [2.24, 2.45) is 5.73 Å². The van der Waals surface area contributed by atoms with Gasteiger partial charge in [0.15, 0.2) is 0 Å². The molecule has 0 spiro atoms. The lowest BCUT2D eigenvalue weighted by molar-refractivity contribution is 0.438. The topological polar surface area (TPSA) is 46.2 Å². The van der Waals surface area contributed by atoms with Crippen LogP contribution in [0.2, 0.25) is 0 Å². The van der Waals surface area contributed by atoms with Gasteiger partial charge in [-0.1, -0.05) is 6.42 Å². The van der Waals surface area contributed by atoms with E-state index in [1.165, 1.54) is 19.1 Å². The van der Waals surface area contributed by atoms with Crippen LogP contribution in [0.3, 0.4) is 0 Å². The maximum Gasteiger partial charge on any atom is 0.0799 e. The minimum Gasteiger partial charge on any atom is -0.516 e. The molecule has 0 amide bonds. The number of aliphatic hydroxyl groups is 1. The maximum absolute atomic E-state index is 8.62. The van der Waals surface area contributed by atoms with Crippen LogP contribution >= 0.6 is 0 Å². The zero-order valence-electron chi connectivity index (χ0n) is 5.51. The smallest absolute Gasteiger partial charge is 0.0799 e. The summed E-state index contributed by atoms with van der Waals surface area (Å²) in [4.78, 5) is 0. The molecule has 2 nitrogen and oxygen atoms in total. The molecule has 0 aromatic heterocycles. The first-order chi connectivity index (χ1) is 4.34. The van der Waals surface area contributed by atoms with Crippen LogP contribution in [0.1, 0.15) is 25.7 Å². The van der Waals surface area contributed by atoms with Crippen molar-refractivity contribution in [2.75, 3.05) is 0 Å². The lowest BCUT2D eigenvalue weighted by atomic mass is 9.92. The standard InChI is InChI=1S/C7H13NO/c8-7-4-2-1-3-6(7)5-9/h5,7,9H,1-4,8H2/b6-5-/t7-/m1/s1. The molecule has 0 bridgehead atoms. The average molecular weight is 127 g/mol. The molecule has 0 radical (unpaired) electrons. The Labute approximate surface area is 55.4 Å². The molecule has 0 aromatic rings.